The Bertz CT molecular complexity index is 744. The molecule has 3 nitrogen and oxygen atoms in total. The molecule has 0 radical (unpaired) electrons. The van der Waals surface area contributed by atoms with Gasteiger partial charge in [-0.05, 0) is 55.4 Å². The number of rotatable bonds is 3. The summed E-state index contributed by atoms with van der Waals surface area (Å²) in [5, 5.41) is 0. The van der Waals surface area contributed by atoms with Gasteiger partial charge >= 0.3 is 0 Å². The van der Waals surface area contributed by atoms with E-state index < -0.39 is 0 Å². The van der Waals surface area contributed by atoms with Crippen molar-refractivity contribution in [3.05, 3.63) is 59.7 Å². The number of hydrogen-bond donors (Lipinski definition) is 1. The zero-order valence-corrected chi connectivity index (χ0v) is 11.3. The Kier molecular flexibility index (Phi) is 3.24. The van der Waals surface area contributed by atoms with Crippen molar-refractivity contribution in [2.45, 2.75) is 13.3 Å². The minimum absolute atomic E-state index is 0.237. The van der Waals surface area contributed by atoms with Gasteiger partial charge in [0.05, 0.1) is 11.4 Å². The molecule has 0 saturated heterocycles. The van der Waals surface area contributed by atoms with Gasteiger partial charge in [-0.15, -0.1) is 0 Å². The minimum Gasteiger partial charge on any atom is -0.330 e. The van der Waals surface area contributed by atoms with Crippen molar-refractivity contribution < 1.29 is 4.39 Å². The van der Waals surface area contributed by atoms with E-state index in [2.05, 4.69) is 4.98 Å². The van der Waals surface area contributed by atoms with Gasteiger partial charge in [-0.25, -0.2) is 9.37 Å². The van der Waals surface area contributed by atoms with E-state index in [-0.39, 0.29) is 5.82 Å². The average Bonchev–Trinajstić information content (AvgIpc) is 2.77. The molecule has 0 bridgehead atoms. The Labute approximate surface area is 116 Å². The molecule has 2 aromatic heterocycles. The first kappa shape index (κ1) is 12.8. The summed E-state index contributed by atoms with van der Waals surface area (Å²) in [5.41, 5.74) is 10.6. The van der Waals surface area contributed by atoms with Crippen LogP contribution in [0, 0.1) is 12.7 Å². The summed E-state index contributed by atoms with van der Waals surface area (Å²) in [6, 6.07) is 10.6. The average molecular weight is 269 g/mol. The normalized spacial score (nSPS) is 11.2. The SMILES string of the molecule is Cc1ccn2c(-c3ccc(F)cc3)c(CCN)nc2c1. The molecule has 0 amide bonds. The smallest absolute Gasteiger partial charge is 0.137 e. The van der Waals surface area contributed by atoms with E-state index in [9.17, 15) is 4.39 Å². The van der Waals surface area contributed by atoms with Crippen LogP contribution in [0.3, 0.4) is 0 Å². The molecule has 0 aliphatic rings. The Hall–Kier alpha value is -2.20. The number of aromatic nitrogens is 2. The van der Waals surface area contributed by atoms with Crippen LogP contribution in [0.4, 0.5) is 4.39 Å². The maximum Gasteiger partial charge on any atom is 0.137 e. The van der Waals surface area contributed by atoms with E-state index in [1.54, 1.807) is 12.1 Å². The molecule has 3 aromatic rings. The number of halogens is 1. The van der Waals surface area contributed by atoms with E-state index in [0.29, 0.717) is 13.0 Å². The second-order valence-corrected chi connectivity index (χ2v) is 4.88. The molecule has 102 valence electrons. The summed E-state index contributed by atoms with van der Waals surface area (Å²) in [5.74, 6) is -0.237. The highest BCUT2D eigenvalue weighted by atomic mass is 19.1. The van der Waals surface area contributed by atoms with Crippen LogP contribution in [0.25, 0.3) is 16.9 Å². The molecule has 0 spiro atoms. The molecule has 20 heavy (non-hydrogen) atoms. The van der Waals surface area contributed by atoms with E-state index in [4.69, 9.17) is 5.73 Å². The Morgan fingerprint density at radius 1 is 1.20 bits per heavy atom. The molecular weight excluding hydrogens is 253 g/mol. The molecule has 4 heteroatoms. The van der Waals surface area contributed by atoms with Gasteiger partial charge in [0.15, 0.2) is 0 Å². The van der Waals surface area contributed by atoms with Crippen LogP contribution in [-0.4, -0.2) is 15.9 Å². The van der Waals surface area contributed by atoms with E-state index in [1.165, 1.54) is 12.1 Å². The highest BCUT2D eigenvalue weighted by Gasteiger charge is 2.13. The lowest BCUT2D eigenvalue weighted by Crippen LogP contribution is -2.04. The van der Waals surface area contributed by atoms with Crippen molar-refractivity contribution in [3.63, 3.8) is 0 Å². The molecule has 0 atom stereocenters. The number of imidazole rings is 1. The zero-order valence-electron chi connectivity index (χ0n) is 11.3. The van der Waals surface area contributed by atoms with Crippen molar-refractivity contribution in [2.24, 2.45) is 5.73 Å². The molecule has 3 rings (SSSR count). The van der Waals surface area contributed by atoms with Crippen LogP contribution in [0.15, 0.2) is 42.6 Å². The third kappa shape index (κ3) is 2.18. The topological polar surface area (TPSA) is 43.3 Å². The van der Waals surface area contributed by atoms with Crippen LogP contribution < -0.4 is 5.73 Å². The first-order valence-corrected chi connectivity index (χ1v) is 6.62. The molecule has 0 saturated carbocycles. The molecule has 0 fully saturated rings. The zero-order chi connectivity index (χ0) is 14.1. The van der Waals surface area contributed by atoms with Gasteiger partial charge in [-0.3, -0.25) is 4.40 Å². The largest absolute Gasteiger partial charge is 0.330 e. The van der Waals surface area contributed by atoms with Crippen molar-refractivity contribution >= 4 is 5.65 Å². The van der Waals surface area contributed by atoms with Gasteiger partial charge in [-0.2, -0.15) is 0 Å². The highest BCUT2D eigenvalue weighted by Crippen LogP contribution is 2.26. The summed E-state index contributed by atoms with van der Waals surface area (Å²) >= 11 is 0. The van der Waals surface area contributed by atoms with Gasteiger partial charge in [-0.1, -0.05) is 0 Å². The third-order valence-electron chi connectivity index (χ3n) is 3.35. The number of aryl methyl sites for hydroxylation is 1. The van der Waals surface area contributed by atoms with Gasteiger partial charge in [0.25, 0.3) is 0 Å². The molecule has 0 aliphatic heterocycles. The van der Waals surface area contributed by atoms with Gasteiger partial charge in [0.2, 0.25) is 0 Å². The van der Waals surface area contributed by atoms with Gasteiger partial charge in [0.1, 0.15) is 11.5 Å². The van der Waals surface area contributed by atoms with Crippen molar-refractivity contribution in [2.75, 3.05) is 6.54 Å². The number of pyridine rings is 1. The lowest BCUT2D eigenvalue weighted by atomic mass is 10.1. The summed E-state index contributed by atoms with van der Waals surface area (Å²) in [6.07, 6.45) is 2.70. The number of benzene rings is 1. The second-order valence-electron chi connectivity index (χ2n) is 4.88. The Balaban J connectivity index is 2.25. The predicted molar refractivity (Wildman–Crippen MR) is 78.1 cm³/mol. The van der Waals surface area contributed by atoms with Crippen LogP contribution in [0.2, 0.25) is 0 Å². The molecule has 2 N–H and O–H groups in total. The second kappa shape index (κ2) is 5.06. The number of nitrogens with zero attached hydrogens (tertiary/aromatic N) is 2. The van der Waals surface area contributed by atoms with Gasteiger partial charge < -0.3 is 5.73 Å². The standard InChI is InChI=1S/C16H16FN3/c1-11-7-9-20-15(10-11)19-14(6-8-18)16(20)12-2-4-13(17)5-3-12/h2-5,7,9-10H,6,8,18H2,1H3. The monoisotopic (exact) mass is 269 g/mol. The summed E-state index contributed by atoms with van der Waals surface area (Å²) < 4.78 is 15.1. The minimum atomic E-state index is -0.237. The van der Waals surface area contributed by atoms with Crippen LogP contribution in [-0.2, 0) is 6.42 Å². The Morgan fingerprint density at radius 2 is 1.95 bits per heavy atom. The summed E-state index contributed by atoms with van der Waals surface area (Å²) in [7, 11) is 0. The molecular formula is C16H16FN3. The molecule has 2 heterocycles. The van der Waals surface area contributed by atoms with Crippen LogP contribution >= 0.6 is 0 Å². The van der Waals surface area contributed by atoms with E-state index >= 15 is 0 Å². The number of fused-ring (bicyclic) bond motifs is 1. The fraction of sp³-hybridized carbons (Fsp3) is 0.188. The van der Waals surface area contributed by atoms with Crippen molar-refractivity contribution in [3.8, 4) is 11.3 Å². The predicted octanol–water partition coefficient (Wildman–Crippen LogP) is 2.95. The quantitative estimate of drug-likeness (QED) is 0.794. The van der Waals surface area contributed by atoms with Gasteiger partial charge in [0, 0.05) is 18.2 Å². The van der Waals surface area contributed by atoms with E-state index in [0.717, 1.165) is 28.2 Å². The molecule has 0 unspecified atom stereocenters. The number of nitrogens with two attached hydrogens (primary N) is 1. The fourth-order valence-electron chi connectivity index (χ4n) is 2.42. The molecule has 0 aliphatic carbocycles. The maximum absolute atomic E-state index is 13.1. The number of hydrogen-bond acceptors (Lipinski definition) is 2. The van der Waals surface area contributed by atoms with Crippen molar-refractivity contribution in [1.82, 2.24) is 9.38 Å². The third-order valence-corrected chi connectivity index (χ3v) is 3.35. The lowest BCUT2D eigenvalue weighted by molar-refractivity contribution is 0.628. The summed E-state index contributed by atoms with van der Waals surface area (Å²) in [4.78, 5) is 4.65. The van der Waals surface area contributed by atoms with Crippen LogP contribution in [0.5, 0.6) is 0 Å². The first-order valence-electron chi connectivity index (χ1n) is 6.62. The lowest BCUT2D eigenvalue weighted by Gasteiger charge is -2.05. The maximum atomic E-state index is 13.1. The highest BCUT2D eigenvalue weighted by molar-refractivity contribution is 5.67. The van der Waals surface area contributed by atoms with Crippen LogP contribution in [0.1, 0.15) is 11.3 Å². The van der Waals surface area contributed by atoms with E-state index in [1.807, 2.05) is 29.7 Å². The summed E-state index contributed by atoms with van der Waals surface area (Å²) in [6.45, 7) is 2.58. The van der Waals surface area contributed by atoms with Crippen molar-refractivity contribution in [1.29, 1.82) is 0 Å². The fourth-order valence-corrected chi connectivity index (χ4v) is 2.42. The first-order chi connectivity index (χ1) is 9.69. The molecule has 1 aromatic carbocycles. The Morgan fingerprint density at radius 3 is 2.65 bits per heavy atom.